The molecule has 0 spiro atoms. The number of alkyl halides is 1. The minimum atomic E-state index is 0.225. The third-order valence-electron chi connectivity index (χ3n) is 3.71. The highest BCUT2D eigenvalue weighted by molar-refractivity contribution is 9.11. The Kier molecular flexibility index (Phi) is 5.38. The van der Waals surface area contributed by atoms with Crippen molar-refractivity contribution in [1.82, 2.24) is 0 Å². The summed E-state index contributed by atoms with van der Waals surface area (Å²) in [6.45, 7) is 2.14. The topological polar surface area (TPSA) is 0 Å². The van der Waals surface area contributed by atoms with E-state index in [0.29, 0.717) is 5.92 Å². The lowest BCUT2D eigenvalue weighted by Gasteiger charge is -2.23. The van der Waals surface area contributed by atoms with Crippen LogP contribution < -0.4 is 0 Å². The number of thiophene rings is 1. The molecular weight excluding hydrogens is 316 g/mol. The van der Waals surface area contributed by atoms with E-state index in [4.69, 9.17) is 11.6 Å². The van der Waals surface area contributed by atoms with E-state index in [9.17, 15) is 0 Å². The molecule has 1 heterocycles. The van der Waals surface area contributed by atoms with Crippen LogP contribution in [0.4, 0.5) is 0 Å². The van der Waals surface area contributed by atoms with Gasteiger partial charge in [-0.15, -0.1) is 22.9 Å². The average Bonchev–Trinajstić information content (AvgIpc) is 2.58. The van der Waals surface area contributed by atoms with Crippen LogP contribution >= 0.6 is 38.9 Å². The van der Waals surface area contributed by atoms with Crippen LogP contribution in [0.2, 0.25) is 0 Å². The summed E-state index contributed by atoms with van der Waals surface area (Å²) in [7, 11) is 0. The van der Waals surface area contributed by atoms with Crippen LogP contribution in [0, 0.1) is 12.8 Å². The van der Waals surface area contributed by atoms with Gasteiger partial charge in [-0.3, -0.25) is 0 Å². The summed E-state index contributed by atoms with van der Waals surface area (Å²) < 4.78 is 1.24. The molecule has 1 atom stereocenters. The highest BCUT2D eigenvalue weighted by atomic mass is 79.9. The van der Waals surface area contributed by atoms with Crippen molar-refractivity contribution in [1.29, 1.82) is 0 Å². The molecule has 1 aromatic heterocycles. The van der Waals surface area contributed by atoms with E-state index in [1.54, 1.807) is 0 Å². The molecule has 0 nitrogen and oxygen atoms in total. The van der Waals surface area contributed by atoms with Crippen LogP contribution in [0.5, 0.6) is 0 Å². The maximum atomic E-state index is 6.69. The zero-order valence-electron chi connectivity index (χ0n) is 10.3. The average molecular weight is 336 g/mol. The first-order valence-corrected chi connectivity index (χ1v) is 8.63. The van der Waals surface area contributed by atoms with Gasteiger partial charge in [0, 0.05) is 4.88 Å². The molecule has 2 rings (SSSR count). The van der Waals surface area contributed by atoms with Gasteiger partial charge in [0.1, 0.15) is 0 Å². The van der Waals surface area contributed by atoms with E-state index in [2.05, 4.69) is 28.9 Å². The first-order chi connectivity index (χ1) is 8.18. The van der Waals surface area contributed by atoms with Gasteiger partial charge >= 0.3 is 0 Å². The van der Waals surface area contributed by atoms with Gasteiger partial charge in [-0.2, -0.15) is 0 Å². The molecule has 1 unspecified atom stereocenters. The number of hydrogen-bond donors (Lipinski definition) is 0. The van der Waals surface area contributed by atoms with Gasteiger partial charge in [-0.1, -0.05) is 32.1 Å². The zero-order valence-corrected chi connectivity index (χ0v) is 13.5. The Labute approximate surface area is 122 Å². The van der Waals surface area contributed by atoms with Crippen molar-refractivity contribution in [2.45, 2.75) is 57.2 Å². The standard InChI is InChI=1S/C14H20BrClS/c1-10-9-12(17-14(10)15)13(16)11-7-5-3-2-4-6-8-11/h9,11,13H,2-8H2,1H3. The number of rotatable bonds is 2. The highest BCUT2D eigenvalue weighted by Crippen LogP contribution is 2.42. The van der Waals surface area contributed by atoms with E-state index in [1.165, 1.54) is 59.2 Å². The molecule has 0 radical (unpaired) electrons. The Bertz CT molecular complexity index is 334. The molecular formula is C14H20BrClS. The molecule has 1 saturated carbocycles. The molecule has 1 aliphatic carbocycles. The summed E-state index contributed by atoms with van der Waals surface area (Å²) >= 11 is 12.1. The predicted molar refractivity (Wildman–Crippen MR) is 81.2 cm³/mol. The van der Waals surface area contributed by atoms with Crippen molar-refractivity contribution in [3.8, 4) is 0 Å². The van der Waals surface area contributed by atoms with Crippen molar-refractivity contribution in [3.05, 3.63) is 20.3 Å². The Morgan fingerprint density at radius 1 is 1.24 bits per heavy atom. The first-order valence-electron chi connectivity index (χ1n) is 6.58. The largest absolute Gasteiger partial charge is 0.131 e. The zero-order chi connectivity index (χ0) is 12.3. The molecule has 0 aliphatic heterocycles. The molecule has 1 fully saturated rings. The molecule has 1 aromatic rings. The van der Waals surface area contributed by atoms with Gasteiger partial charge in [0.25, 0.3) is 0 Å². The van der Waals surface area contributed by atoms with E-state index in [-0.39, 0.29) is 5.38 Å². The van der Waals surface area contributed by atoms with Gasteiger partial charge in [0.05, 0.1) is 9.16 Å². The minimum absolute atomic E-state index is 0.225. The fourth-order valence-corrected chi connectivity index (χ4v) is 4.72. The fourth-order valence-electron chi connectivity index (χ4n) is 2.63. The second-order valence-corrected chi connectivity index (χ2v) is 7.98. The van der Waals surface area contributed by atoms with Crippen molar-refractivity contribution in [2.24, 2.45) is 5.92 Å². The SMILES string of the molecule is Cc1cc(C(Cl)C2CCCCCCC2)sc1Br. The Morgan fingerprint density at radius 2 is 1.82 bits per heavy atom. The van der Waals surface area contributed by atoms with Crippen molar-refractivity contribution < 1.29 is 0 Å². The summed E-state index contributed by atoms with van der Waals surface area (Å²) in [5, 5.41) is 0.225. The Morgan fingerprint density at radius 3 is 2.35 bits per heavy atom. The molecule has 17 heavy (non-hydrogen) atoms. The monoisotopic (exact) mass is 334 g/mol. The summed E-state index contributed by atoms with van der Waals surface area (Å²) in [4.78, 5) is 1.35. The van der Waals surface area contributed by atoms with Crippen molar-refractivity contribution in [2.75, 3.05) is 0 Å². The van der Waals surface area contributed by atoms with Gasteiger partial charge < -0.3 is 0 Å². The predicted octanol–water partition coefficient (Wildman–Crippen LogP) is 6.46. The molecule has 1 aliphatic rings. The second kappa shape index (κ2) is 6.58. The summed E-state index contributed by atoms with van der Waals surface area (Å²) in [6, 6.07) is 2.26. The van der Waals surface area contributed by atoms with Crippen molar-refractivity contribution >= 4 is 38.9 Å². The highest BCUT2D eigenvalue weighted by Gasteiger charge is 2.23. The quantitative estimate of drug-likeness (QED) is 0.544. The van der Waals surface area contributed by atoms with Crippen LogP contribution in [0.1, 0.15) is 60.8 Å². The van der Waals surface area contributed by atoms with Gasteiger partial charge in [0.2, 0.25) is 0 Å². The summed E-state index contributed by atoms with van der Waals surface area (Å²) in [5.41, 5.74) is 1.32. The number of aryl methyl sites for hydroxylation is 1. The van der Waals surface area contributed by atoms with Gasteiger partial charge in [-0.05, 0) is 53.2 Å². The van der Waals surface area contributed by atoms with Crippen LogP contribution in [-0.4, -0.2) is 0 Å². The molecule has 0 amide bonds. The lowest BCUT2D eigenvalue weighted by molar-refractivity contribution is 0.370. The number of hydrogen-bond acceptors (Lipinski definition) is 1. The smallest absolute Gasteiger partial charge is 0.0731 e. The molecule has 0 aromatic carbocycles. The van der Waals surface area contributed by atoms with Crippen LogP contribution in [0.15, 0.2) is 9.85 Å². The lowest BCUT2D eigenvalue weighted by Crippen LogP contribution is -2.09. The summed E-state index contributed by atoms with van der Waals surface area (Å²) in [5.74, 6) is 0.682. The maximum absolute atomic E-state index is 6.69. The molecule has 96 valence electrons. The molecule has 3 heteroatoms. The maximum Gasteiger partial charge on any atom is 0.0731 e. The van der Waals surface area contributed by atoms with E-state index in [1.807, 2.05) is 11.3 Å². The molecule has 0 saturated heterocycles. The van der Waals surface area contributed by atoms with Crippen LogP contribution in [-0.2, 0) is 0 Å². The molecule has 0 bridgehead atoms. The minimum Gasteiger partial charge on any atom is -0.131 e. The summed E-state index contributed by atoms with van der Waals surface area (Å²) in [6.07, 6.45) is 9.55. The normalized spacial score (nSPS) is 20.9. The van der Waals surface area contributed by atoms with Crippen LogP contribution in [0.3, 0.4) is 0 Å². The third-order valence-corrected chi connectivity index (χ3v) is 6.65. The third kappa shape index (κ3) is 3.71. The van der Waals surface area contributed by atoms with Gasteiger partial charge in [-0.25, -0.2) is 0 Å². The second-order valence-electron chi connectivity index (χ2n) is 5.11. The van der Waals surface area contributed by atoms with Crippen LogP contribution in [0.25, 0.3) is 0 Å². The van der Waals surface area contributed by atoms with Crippen molar-refractivity contribution in [3.63, 3.8) is 0 Å². The Balaban J connectivity index is 2.04. The Hall–Kier alpha value is 0.470. The fraction of sp³-hybridized carbons (Fsp3) is 0.714. The number of halogens is 2. The lowest BCUT2D eigenvalue weighted by atomic mass is 9.88. The van der Waals surface area contributed by atoms with E-state index < -0.39 is 0 Å². The van der Waals surface area contributed by atoms with E-state index in [0.717, 1.165) is 0 Å². The molecule has 0 N–H and O–H groups in total. The van der Waals surface area contributed by atoms with E-state index >= 15 is 0 Å². The first kappa shape index (κ1) is 13.9. The van der Waals surface area contributed by atoms with Gasteiger partial charge in [0.15, 0.2) is 0 Å².